The van der Waals surface area contributed by atoms with Crippen LogP contribution in [0, 0.1) is 0 Å². The van der Waals surface area contributed by atoms with E-state index < -0.39 is 6.04 Å². The van der Waals surface area contributed by atoms with E-state index in [1.165, 1.54) is 5.56 Å². The first-order chi connectivity index (χ1) is 14.5. The molecule has 2 rings (SSSR count). The van der Waals surface area contributed by atoms with E-state index in [9.17, 15) is 9.59 Å². The monoisotopic (exact) mass is 428 g/mol. The standard InChI is InChI=1S/C25H33ClN2O2/c1-4-17-27-25(30)23(6-3)28(18-21-11-14-22(26)15-12-21)24(29)16-13-20-9-7-19(5-2)8-10-20/h7-12,14-15,23H,4-6,13,16-18H2,1-3H3,(H,27,30)/t23-/m0/s1. The van der Waals surface area contributed by atoms with Crippen LogP contribution in [0.2, 0.25) is 5.02 Å². The van der Waals surface area contributed by atoms with Gasteiger partial charge >= 0.3 is 0 Å². The molecule has 0 aromatic heterocycles. The van der Waals surface area contributed by atoms with Gasteiger partial charge in [0.2, 0.25) is 11.8 Å². The maximum atomic E-state index is 13.2. The molecule has 0 heterocycles. The molecule has 0 radical (unpaired) electrons. The zero-order valence-electron chi connectivity index (χ0n) is 18.3. The quantitative estimate of drug-likeness (QED) is 0.536. The predicted molar refractivity (Wildman–Crippen MR) is 124 cm³/mol. The molecule has 0 aliphatic heterocycles. The highest BCUT2D eigenvalue weighted by Gasteiger charge is 2.28. The summed E-state index contributed by atoms with van der Waals surface area (Å²) in [5.74, 6) is -0.100. The van der Waals surface area contributed by atoms with Crippen LogP contribution in [0.3, 0.4) is 0 Å². The summed E-state index contributed by atoms with van der Waals surface area (Å²) in [4.78, 5) is 27.7. The van der Waals surface area contributed by atoms with E-state index in [1.807, 2.05) is 38.1 Å². The van der Waals surface area contributed by atoms with Crippen molar-refractivity contribution in [2.45, 2.75) is 65.5 Å². The van der Waals surface area contributed by atoms with Crippen LogP contribution in [-0.4, -0.2) is 29.3 Å². The summed E-state index contributed by atoms with van der Waals surface area (Å²) in [5.41, 5.74) is 3.38. The Balaban J connectivity index is 2.15. The molecular weight excluding hydrogens is 396 g/mol. The summed E-state index contributed by atoms with van der Waals surface area (Å²) in [6.07, 6.45) is 3.46. The van der Waals surface area contributed by atoms with Crippen molar-refractivity contribution in [1.82, 2.24) is 10.2 Å². The Hall–Kier alpha value is -2.33. The van der Waals surface area contributed by atoms with Crippen molar-refractivity contribution in [3.63, 3.8) is 0 Å². The van der Waals surface area contributed by atoms with Gasteiger partial charge in [0.1, 0.15) is 6.04 Å². The summed E-state index contributed by atoms with van der Waals surface area (Å²) < 4.78 is 0. The molecule has 4 nitrogen and oxygen atoms in total. The molecule has 2 aromatic carbocycles. The van der Waals surface area contributed by atoms with Gasteiger partial charge in [0, 0.05) is 24.5 Å². The maximum absolute atomic E-state index is 13.2. The van der Waals surface area contributed by atoms with Crippen LogP contribution < -0.4 is 5.32 Å². The minimum atomic E-state index is -0.484. The first-order valence-electron chi connectivity index (χ1n) is 10.9. The van der Waals surface area contributed by atoms with Gasteiger partial charge in [-0.05, 0) is 54.5 Å². The number of hydrogen-bond acceptors (Lipinski definition) is 2. The SMILES string of the molecule is CCCNC(=O)[C@H](CC)N(Cc1ccc(Cl)cc1)C(=O)CCc1ccc(CC)cc1. The summed E-state index contributed by atoms with van der Waals surface area (Å²) in [7, 11) is 0. The van der Waals surface area contributed by atoms with Crippen molar-refractivity contribution >= 4 is 23.4 Å². The maximum Gasteiger partial charge on any atom is 0.242 e. The van der Waals surface area contributed by atoms with Gasteiger partial charge in [0.05, 0.1) is 0 Å². The predicted octanol–water partition coefficient (Wildman–Crippen LogP) is 5.17. The Labute approximate surface area is 185 Å². The highest BCUT2D eigenvalue weighted by atomic mass is 35.5. The van der Waals surface area contributed by atoms with E-state index in [0.717, 1.165) is 24.0 Å². The smallest absolute Gasteiger partial charge is 0.242 e. The first-order valence-corrected chi connectivity index (χ1v) is 11.3. The van der Waals surface area contributed by atoms with E-state index in [1.54, 1.807) is 4.90 Å². The van der Waals surface area contributed by atoms with Gasteiger partial charge in [-0.25, -0.2) is 0 Å². The van der Waals surface area contributed by atoms with Crippen LogP contribution in [-0.2, 0) is 29.0 Å². The van der Waals surface area contributed by atoms with Crippen LogP contribution in [0.15, 0.2) is 48.5 Å². The molecule has 2 amide bonds. The normalized spacial score (nSPS) is 11.7. The third kappa shape index (κ3) is 7.17. The summed E-state index contributed by atoms with van der Waals surface area (Å²) in [6.45, 7) is 7.09. The van der Waals surface area contributed by atoms with Gasteiger partial charge in [-0.2, -0.15) is 0 Å². The Morgan fingerprint density at radius 2 is 1.53 bits per heavy atom. The number of benzene rings is 2. The lowest BCUT2D eigenvalue weighted by Crippen LogP contribution is -2.49. The summed E-state index contributed by atoms with van der Waals surface area (Å²) in [5, 5.41) is 3.60. The van der Waals surface area contributed by atoms with Crippen LogP contribution in [0.25, 0.3) is 0 Å². The number of aryl methyl sites for hydroxylation is 2. The van der Waals surface area contributed by atoms with Crippen molar-refractivity contribution in [2.24, 2.45) is 0 Å². The van der Waals surface area contributed by atoms with Gasteiger partial charge in [-0.15, -0.1) is 0 Å². The van der Waals surface area contributed by atoms with Gasteiger partial charge < -0.3 is 10.2 Å². The zero-order valence-corrected chi connectivity index (χ0v) is 19.0. The van der Waals surface area contributed by atoms with E-state index in [0.29, 0.717) is 37.4 Å². The first kappa shape index (κ1) is 23.9. The van der Waals surface area contributed by atoms with Crippen molar-refractivity contribution < 1.29 is 9.59 Å². The van der Waals surface area contributed by atoms with Gasteiger partial charge in [0.15, 0.2) is 0 Å². The van der Waals surface area contributed by atoms with Crippen molar-refractivity contribution in [1.29, 1.82) is 0 Å². The number of nitrogens with one attached hydrogen (secondary N) is 1. The van der Waals surface area contributed by atoms with Crippen molar-refractivity contribution in [2.75, 3.05) is 6.54 Å². The van der Waals surface area contributed by atoms with Crippen LogP contribution in [0.4, 0.5) is 0 Å². The summed E-state index contributed by atoms with van der Waals surface area (Å²) >= 11 is 6.00. The lowest BCUT2D eigenvalue weighted by molar-refractivity contribution is -0.141. The molecule has 162 valence electrons. The number of hydrogen-bond donors (Lipinski definition) is 1. The Kier molecular flexibility index (Phi) is 9.88. The lowest BCUT2D eigenvalue weighted by Gasteiger charge is -2.30. The number of nitrogens with zero attached hydrogens (tertiary/aromatic N) is 1. The van der Waals surface area contributed by atoms with E-state index in [-0.39, 0.29) is 11.8 Å². The molecule has 0 spiro atoms. The average Bonchev–Trinajstić information content (AvgIpc) is 2.77. The molecular formula is C25H33ClN2O2. The molecule has 2 aromatic rings. The molecule has 0 saturated heterocycles. The zero-order chi connectivity index (χ0) is 21.9. The van der Waals surface area contributed by atoms with E-state index >= 15 is 0 Å². The highest BCUT2D eigenvalue weighted by molar-refractivity contribution is 6.30. The van der Waals surface area contributed by atoms with Gasteiger partial charge in [-0.1, -0.05) is 68.8 Å². The van der Waals surface area contributed by atoms with E-state index in [4.69, 9.17) is 11.6 Å². The topological polar surface area (TPSA) is 49.4 Å². The number of carbonyl (C=O) groups excluding carboxylic acids is 2. The van der Waals surface area contributed by atoms with Crippen molar-refractivity contribution in [3.05, 3.63) is 70.2 Å². The fourth-order valence-electron chi connectivity index (χ4n) is 3.41. The average molecular weight is 429 g/mol. The molecule has 0 aliphatic rings. The Morgan fingerprint density at radius 3 is 2.10 bits per heavy atom. The molecule has 0 bridgehead atoms. The number of rotatable bonds is 11. The Morgan fingerprint density at radius 1 is 0.933 bits per heavy atom. The second kappa shape index (κ2) is 12.4. The number of halogens is 1. The fraction of sp³-hybridized carbons (Fsp3) is 0.440. The van der Waals surface area contributed by atoms with E-state index in [2.05, 4.69) is 36.5 Å². The second-order valence-corrected chi connectivity index (χ2v) is 7.97. The molecule has 0 fully saturated rings. The molecule has 0 saturated carbocycles. The molecule has 1 atom stereocenters. The molecule has 5 heteroatoms. The third-order valence-electron chi connectivity index (χ3n) is 5.26. The fourth-order valence-corrected chi connectivity index (χ4v) is 3.53. The summed E-state index contributed by atoms with van der Waals surface area (Å²) in [6, 6.07) is 15.3. The number of amides is 2. The highest BCUT2D eigenvalue weighted by Crippen LogP contribution is 2.17. The number of carbonyl (C=O) groups is 2. The van der Waals surface area contributed by atoms with Crippen molar-refractivity contribution in [3.8, 4) is 0 Å². The minimum Gasteiger partial charge on any atom is -0.354 e. The Bertz CT molecular complexity index is 803. The van der Waals surface area contributed by atoms with Gasteiger partial charge in [0.25, 0.3) is 0 Å². The molecule has 0 unspecified atom stereocenters. The molecule has 1 N–H and O–H groups in total. The van der Waals surface area contributed by atoms with Crippen LogP contribution in [0.1, 0.15) is 56.7 Å². The van der Waals surface area contributed by atoms with Crippen LogP contribution >= 0.6 is 11.6 Å². The second-order valence-electron chi connectivity index (χ2n) is 7.53. The third-order valence-corrected chi connectivity index (χ3v) is 5.51. The van der Waals surface area contributed by atoms with Crippen LogP contribution in [0.5, 0.6) is 0 Å². The molecule has 0 aliphatic carbocycles. The largest absolute Gasteiger partial charge is 0.354 e. The van der Waals surface area contributed by atoms with Gasteiger partial charge in [-0.3, -0.25) is 9.59 Å². The lowest BCUT2D eigenvalue weighted by atomic mass is 10.0. The minimum absolute atomic E-state index is 0.0111. The molecule has 30 heavy (non-hydrogen) atoms.